The summed E-state index contributed by atoms with van der Waals surface area (Å²) in [6, 6.07) is 15.1. The van der Waals surface area contributed by atoms with Crippen LogP contribution >= 0.6 is 22.9 Å². The Morgan fingerprint density at radius 2 is 1.47 bits per heavy atom. The van der Waals surface area contributed by atoms with Crippen LogP contribution in [-0.2, 0) is 0 Å². The average molecular weight is 366 g/mol. The fourth-order valence-electron chi connectivity index (χ4n) is 1.77. The van der Waals surface area contributed by atoms with Crippen LogP contribution in [0.4, 0.5) is 11.4 Å². The van der Waals surface area contributed by atoms with Crippen molar-refractivity contribution in [1.82, 2.24) is 0 Å². The van der Waals surface area contributed by atoms with Gasteiger partial charge in [-0.3, -0.25) is 4.79 Å². The van der Waals surface area contributed by atoms with E-state index < -0.39 is 0 Å². The smallest absolute Gasteiger partial charge is 0.193 e. The molecule has 0 unspecified atom stereocenters. The maximum absolute atomic E-state index is 12.3. The number of hydrogen-bond donors (Lipinski definition) is 1. The Kier molecular flexibility index (Phi) is 4.42. The molecule has 0 amide bonds. The Bertz CT molecular complexity index is 562. The van der Waals surface area contributed by atoms with E-state index in [0.29, 0.717) is 11.1 Å². The highest BCUT2D eigenvalue weighted by atomic mass is 127. The molecule has 0 aliphatic rings. The van der Waals surface area contributed by atoms with Crippen molar-refractivity contribution in [3.05, 3.63) is 59.7 Å². The lowest BCUT2D eigenvalue weighted by Gasteiger charge is -2.10. The third kappa shape index (κ3) is 3.26. The average Bonchev–Trinajstić information content (AvgIpc) is 2.46. The van der Waals surface area contributed by atoms with E-state index in [0.717, 1.165) is 11.4 Å². The highest BCUT2D eigenvalue weighted by molar-refractivity contribution is 14.1. The van der Waals surface area contributed by atoms with Gasteiger partial charge in [0.05, 0.1) is 22.9 Å². The maximum Gasteiger partial charge on any atom is 0.193 e. The predicted molar refractivity (Wildman–Crippen MR) is 88.3 cm³/mol. The van der Waals surface area contributed by atoms with Crippen molar-refractivity contribution in [2.24, 2.45) is 0 Å². The fraction of sp³-hybridized carbons (Fsp3) is 0.133. The van der Waals surface area contributed by atoms with Crippen LogP contribution in [-0.4, -0.2) is 19.9 Å². The number of ketones is 1. The van der Waals surface area contributed by atoms with Crippen LogP contribution in [0, 0.1) is 0 Å². The molecule has 0 aliphatic carbocycles. The second kappa shape index (κ2) is 6.06. The van der Waals surface area contributed by atoms with E-state index in [-0.39, 0.29) is 5.78 Å². The van der Waals surface area contributed by atoms with E-state index in [2.05, 4.69) is 28.2 Å². The molecule has 0 spiro atoms. The molecule has 4 heteroatoms. The standard InChI is InChI=1S/C15H15IN2O/c1-17-13-7-3-11(4-8-13)15(19)12-5-9-14(10-6-12)18(2)16/h3-10,17H,1-2H3. The molecule has 0 saturated carbocycles. The van der Waals surface area contributed by atoms with Crippen molar-refractivity contribution >= 4 is 40.0 Å². The van der Waals surface area contributed by atoms with Crippen LogP contribution < -0.4 is 8.43 Å². The Hall–Kier alpha value is -1.56. The van der Waals surface area contributed by atoms with Gasteiger partial charge in [0.2, 0.25) is 0 Å². The van der Waals surface area contributed by atoms with Crippen LogP contribution in [0.1, 0.15) is 15.9 Å². The zero-order valence-electron chi connectivity index (χ0n) is 10.9. The molecule has 0 atom stereocenters. The quantitative estimate of drug-likeness (QED) is 0.508. The third-order valence-electron chi connectivity index (χ3n) is 2.92. The van der Waals surface area contributed by atoms with Gasteiger partial charge in [-0.05, 0) is 48.5 Å². The Balaban J connectivity index is 2.22. The number of rotatable bonds is 4. The molecule has 0 heterocycles. The van der Waals surface area contributed by atoms with Gasteiger partial charge in [0.1, 0.15) is 0 Å². The summed E-state index contributed by atoms with van der Waals surface area (Å²) in [6.45, 7) is 0. The molecule has 0 bridgehead atoms. The molecule has 2 aromatic carbocycles. The zero-order valence-corrected chi connectivity index (χ0v) is 13.0. The first kappa shape index (κ1) is 13.9. The summed E-state index contributed by atoms with van der Waals surface area (Å²) in [4.78, 5) is 12.3. The van der Waals surface area contributed by atoms with Crippen LogP contribution in [0.2, 0.25) is 0 Å². The minimum atomic E-state index is 0.0466. The molecule has 2 rings (SSSR count). The zero-order chi connectivity index (χ0) is 13.8. The van der Waals surface area contributed by atoms with Gasteiger partial charge in [-0.25, -0.2) is 0 Å². The molecule has 0 radical (unpaired) electrons. The molecule has 0 saturated heterocycles. The molecular formula is C15H15IN2O. The number of nitrogens with zero attached hydrogens (tertiary/aromatic N) is 1. The summed E-state index contributed by atoms with van der Waals surface area (Å²) >= 11 is 2.20. The number of halogens is 1. The topological polar surface area (TPSA) is 32.3 Å². The van der Waals surface area contributed by atoms with E-state index in [9.17, 15) is 4.79 Å². The minimum absolute atomic E-state index is 0.0466. The van der Waals surface area contributed by atoms with Gasteiger partial charge < -0.3 is 8.43 Å². The number of benzene rings is 2. The summed E-state index contributed by atoms with van der Waals surface area (Å²) in [5.74, 6) is 0.0466. The first-order chi connectivity index (χ1) is 9.11. The first-order valence-electron chi connectivity index (χ1n) is 5.94. The van der Waals surface area contributed by atoms with Crippen LogP contribution in [0.3, 0.4) is 0 Å². The lowest BCUT2D eigenvalue weighted by atomic mass is 10.0. The Labute approximate surface area is 127 Å². The van der Waals surface area contributed by atoms with Gasteiger partial charge in [-0.2, -0.15) is 0 Å². The maximum atomic E-state index is 12.3. The molecule has 0 aliphatic heterocycles. The Morgan fingerprint density at radius 3 is 1.89 bits per heavy atom. The van der Waals surface area contributed by atoms with E-state index >= 15 is 0 Å². The van der Waals surface area contributed by atoms with E-state index in [4.69, 9.17) is 0 Å². The van der Waals surface area contributed by atoms with Crippen LogP contribution in [0.25, 0.3) is 0 Å². The third-order valence-corrected chi connectivity index (χ3v) is 3.48. The normalized spacial score (nSPS) is 10.1. The van der Waals surface area contributed by atoms with Crippen LogP contribution in [0.15, 0.2) is 48.5 Å². The fourth-order valence-corrected chi connectivity index (χ4v) is 2.09. The summed E-state index contributed by atoms with van der Waals surface area (Å²) in [5.41, 5.74) is 3.48. The van der Waals surface area contributed by atoms with E-state index in [1.165, 1.54) is 0 Å². The Morgan fingerprint density at radius 1 is 1.00 bits per heavy atom. The number of nitrogens with one attached hydrogen (secondary N) is 1. The lowest BCUT2D eigenvalue weighted by molar-refractivity contribution is 0.103. The SMILES string of the molecule is CNc1ccc(C(=O)c2ccc(N(C)I)cc2)cc1. The highest BCUT2D eigenvalue weighted by Crippen LogP contribution is 2.19. The van der Waals surface area contributed by atoms with Gasteiger partial charge in [0.15, 0.2) is 5.78 Å². The van der Waals surface area contributed by atoms with Gasteiger partial charge in [0.25, 0.3) is 0 Å². The largest absolute Gasteiger partial charge is 0.388 e. The summed E-state index contributed by atoms with van der Waals surface area (Å²) in [6.07, 6.45) is 0. The predicted octanol–water partition coefficient (Wildman–Crippen LogP) is 3.75. The van der Waals surface area contributed by atoms with Crippen molar-refractivity contribution in [3.63, 3.8) is 0 Å². The second-order valence-corrected chi connectivity index (χ2v) is 5.63. The van der Waals surface area contributed by atoms with Crippen molar-refractivity contribution in [2.75, 3.05) is 22.5 Å². The molecular weight excluding hydrogens is 351 g/mol. The summed E-state index contributed by atoms with van der Waals surface area (Å²) in [5, 5.41) is 3.04. The summed E-state index contributed by atoms with van der Waals surface area (Å²) < 4.78 is 1.98. The van der Waals surface area contributed by atoms with Crippen molar-refractivity contribution in [1.29, 1.82) is 0 Å². The van der Waals surface area contributed by atoms with Crippen LogP contribution in [0.5, 0.6) is 0 Å². The lowest BCUT2D eigenvalue weighted by Crippen LogP contribution is -2.03. The molecule has 0 aromatic heterocycles. The van der Waals surface area contributed by atoms with Gasteiger partial charge in [-0.1, -0.05) is 0 Å². The van der Waals surface area contributed by atoms with Crippen molar-refractivity contribution in [2.45, 2.75) is 0 Å². The van der Waals surface area contributed by atoms with Gasteiger partial charge in [-0.15, -0.1) is 0 Å². The highest BCUT2D eigenvalue weighted by Gasteiger charge is 2.09. The number of anilines is 2. The molecule has 19 heavy (non-hydrogen) atoms. The van der Waals surface area contributed by atoms with E-state index in [1.807, 2.05) is 65.7 Å². The number of hydrogen-bond acceptors (Lipinski definition) is 3. The first-order valence-corrected chi connectivity index (χ1v) is 6.90. The molecule has 3 nitrogen and oxygen atoms in total. The molecule has 0 fully saturated rings. The molecule has 1 N–H and O–H groups in total. The van der Waals surface area contributed by atoms with Crippen molar-refractivity contribution < 1.29 is 4.79 Å². The second-order valence-electron chi connectivity index (χ2n) is 4.18. The van der Waals surface area contributed by atoms with E-state index in [1.54, 1.807) is 0 Å². The summed E-state index contributed by atoms with van der Waals surface area (Å²) in [7, 11) is 3.82. The minimum Gasteiger partial charge on any atom is -0.388 e. The number of carbonyl (C=O) groups is 1. The van der Waals surface area contributed by atoms with Gasteiger partial charge >= 0.3 is 0 Å². The monoisotopic (exact) mass is 366 g/mol. The molecule has 98 valence electrons. The number of carbonyl (C=O) groups excluding carboxylic acids is 1. The molecule has 2 aromatic rings. The van der Waals surface area contributed by atoms with Gasteiger partial charge in [0, 0.05) is 36.6 Å². The van der Waals surface area contributed by atoms with Crippen molar-refractivity contribution in [3.8, 4) is 0 Å².